The number of rotatable bonds is 4. The van der Waals surface area contributed by atoms with Crippen LogP contribution >= 0.6 is 0 Å². The summed E-state index contributed by atoms with van der Waals surface area (Å²) in [6.07, 6.45) is -0.395. The Kier molecular flexibility index (Phi) is 4.88. The molecular weight excluding hydrogens is 132 g/mol. The van der Waals surface area contributed by atoms with Gasteiger partial charge in [-0.3, -0.25) is 4.79 Å². The van der Waals surface area contributed by atoms with Crippen molar-refractivity contribution in [3.05, 3.63) is 0 Å². The van der Waals surface area contributed by atoms with E-state index < -0.39 is 6.10 Å². The second-order valence-corrected chi connectivity index (χ2v) is 1.92. The van der Waals surface area contributed by atoms with Crippen molar-refractivity contribution in [3.63, 3.8) is 0 Å². The molecule has 1 unspecified atom stereocenters. The molecule has 1 amide bonds. The minimum Gasteiger partial charge on any atom is -0.367 e. The van der Waals surface area contributed by atoms with Gasteiger partial charge in [0.25, 0.3) is 0 Å². The van der Waals surface area contributed by atoms with Crippen molar-refractivity contribution in [1.82, 2.24) is 5.32 Å². The first-order valence-electron chi connectivity index (χ1n) is 3.25. The van der Waals surface area contributed by atoms with Crippen LogP contribution in [0.1, 0.15) is 6.92 Å². The van der Waals surface area contributed by atoms with Crippen LogP contribution in [0.3, 0.4) is 0 Å². The van der Waals surface area contributed by atoms with Gasteiger partial charge in [0.05, 0.1) is 6.61 Å². The predicted octanol–water partition coefficient (Wildman–Crippen LogP) is -0.904. The molecule has 0 bridgehead atoms. The third-order valence-corrected chi connectivity index (χ3v) is 1.10. The molecule has 0 aliphatic heterocycles. The lowest BCUT2D eigenvalue weighted by Gasteiger charge is -2.09. The molecule has 0 rings (SSSR count). The highest BCUT2D eigenvalue weighted by atomic mass is 16.5. The van der Waals surface area contributed by atoms with Gasteiger partial charge in [-0.25, -0.2) is 0 Å². The molecule has 0 radical (unpaired) electrons. The van der Waals surface area contributed by atoms with Crippen LogP contribution in [0.5, 0.6) is 0 Å². The molecule has 0 fully saturated rings. The first-order valence-corrected chi connectivity index (χ1v) is 3.25. The Labute approximate surface area is 60.7 Å². The standard InChI is InChI=1S/C6H14N2O2/c1-5(6(9)8-2)10-4-3-7/h5H,3-4,7H2,1-2H3,(H,8,9). The SMILES string of the molecule is CNC(=O)C(C)OCCN. The van der Waals surface area contributed by atoms with Crippen molar-refractivity contribution in [2.24, 2.45) is 5.73 Å². The summed E-state index contributed by atoms with van der Waals surface area (Å²) >= 11 is 0. The Balaban J connectivity index is 3.41. The molecule has 0 heterocycles. The number of hydrogen-bond donors (Lipinski definition) is 2. The van der Waals surface area contributed by atoms with Gasteiger partial charge in [0.15, 0.2) is 0 Å². The summed E-state index contributed by atoms with van der Waals surface area (Å²) in [4.78, 5) is 10.7. The van der Waals surface area contributed by atoms with E-state index in [-0.39, 0.29) is 5.91 Å². The van der Waals surface area contributed by atoms with E-state index in [2.05, 4.69) is 5.32 Å². The van der Waals surface area contributed by atoms with Gasteiger partial charge in [0.2, 0.25) is 5.91 Å². The fourth-order valence-corrected chi connectivity index (χ4v) is 0.524. The molecule has 4 nitrogen and oxygen atoms in total. The van der Waals surface area contributed by atoms with Crippen molar-refractivity contribution in [2.75, 3.05) is 20.2 Å². The molecule has 0 saturated carbocycles. The normalized spacial score (nSPS) is 12.7. The van der Waals surface area contributed by atoms with Crippen LogP contribution < -0.4 is 11.1 Å². The van der Waals surface area contributed by atoms with Crippen molar-refractivity contribution >= 4 is 5.91 Å². The molecule has 1 atom stereocenters. The average Bonchev–Trinajstić information content (AvgIpc) is 1.98. The average molecular weight is 146 g/mol. The number of amides is 1. The van der Waals surface area contributed by atoms with Gasteiger partial charge >= 0.3 is 0 Å². The zero-order chi connectivity index (χ0) is 7.98. The number of hydrogen-bond acceptors (Lipinski definition) is 3. The van der Waals surface area contributed by atoms with E-state index >= 15 is 0 Å². The molecule has 0 aromatic carbocycles. The number of nitrogens with one attached hydrogen (secondary N) is 1. The minimum absolute atomic E-state index is 0.117. The van der Waals surface area contributed by atoms with Crippen molar-refractivity contribution < 1.29 is 9.53 Å². The maximum atomic E-state index is 10.7. The number of carbonyl (C=O) groups is 1. The van der Waals surface area contributed by atoms with Crippen molar-refractivity contribution in [2.45, 2.75) is 13.0 Å². The van der Waals surface area contributed by atoms with Gasteiger partial charge in [-0.15, -0.1) is 0 Å². The largest absolute Gasteiger partial charge is 0.367 e. The second-order valence-electron chi connectivity index (χ2n) is 1.92. The summed E-state index contributed by atoms with van der Waals surface area (Å²) in [5.41, 5.74) is 5.16. The zero-order valence-electron chi connectivity index (χ0n) is 6.39. The van der Waals surface area contributed by atoms with Gasteiger partial charge in [-0.1, -0.05) is 0 Å². The maximum Gasteiger partial charge on any atom is 0.248 e. The summed E-state index contributed by atoms with van der Waals surface area (Å²) in [6, 6.07) is 0. The molecule has 0 aliphatic carbocycles. The first-order chi connectivity index (χ1) is 4.72. The number of carbonyl (C=O) groups excluding carboxylic acids is 1. The maximum absolute atomic E-state index is 10.7. The Morgan fingerprint density at radius 2 is 2.40 bits per heavy atom. The van der Waals surface area contributed by atoms with Crippen LogP contribution in [-0.2, 0) is 9.53 Å². The molecular formula is C6H14N2O2. The Morgan fingerprint density at radius 1 is 1.80 bits per heavy atom. The fourth-order valence-electron chi connectivity index (χ4n) is 0.524. The molecule has 4 heteroatoms. The van der Waals surface area contributed by atoms with E-state index in [1.807, 2.05) is 0 Å². The van der Waals surface area contributed by atoms with E-state index in [9.17, 15) is 4.79 Å². The van der Waals surface area contributed by atoms with Gasteiger partial charge in [-0.2, -0.15) is 0 Å². The Bertz CT molecular complexity index is 106. The van der Waals surface area contributed by atoms with Gasteiger partial charge in [-0.05, 0) is 6.92 Å². The third kappa shape index (κ3) is 3.42. The zero-order valence-corrected chi connectivity index (χ0v) is 6.39. The van der Waals surface area contributed by atoms with E-state index in [0.29, 0.717) is 13.2 Å². The summed E-state index contributed by atoms with van der Waals surface area (Å²) in [5, 5.41) is 2.47. The summed E-state index contributed by atoms with van der Waals surface area (Å²) < 4.78 is 5.01. The molecule has 60 valence electrons. The van der Waals surface area contributed by atoms with Crippen molar-refractivity contribution in [3.8, 4) is 0 Å². The van der Waals surface area contributed by atoms with E-state index in [0.717, 1.165) is 0 Å². The van der Waals surface area contributed by atoms with Crippen LogP contribution in [-0.4, -0.2) is 32.2 Å². The highest BCUT2D eigenvalue weighted by Crippen LogP contribution is 1.87. The first kappa shape index (κ1) is 9.39. The van der Waals surface area contributed by atoms with E-state index in [1.54, 1.807) is 14.0 Å². The predicted molar refractivity (Wildman–Crippen MR) is 38.5 cm³/mol. The lowest BCUT2D eigenvalue weighted by atomic mass is 10.4. The second kappa shape index (κ2) is 5.20. The molecule has 0 aromatic rings. The highest BCUT2D eigenvalue weighted by molar-refractivity contribution is 5.79. The highest BCUT2D eigenvalue weighted by Gasteiger charge is 2.09. The van der Waals surface area contributed by atoms with E-state index in [1.165, 1.54) is 0 Å². The number of ether oxygens (including phenoxy) is 1. The molecule has 10 heavy (non-hydrogen) atoms. The minimum atomic E-state index is -0.395. The Morgan fingerprint density at radius 3 is 2.80 bits per heavy atom. The Hall–Kier alpha value is -0.610. The lowest BCUT2D eigenvalue weighted by Crippen LogP contribution is -2.32. The van der Waals surface area contributed by atoms with E-state index in [4.69, 9.17) is 10.5 Å². The molecule has 0 spiro atoms. The fraction of sp³-hybridized carbons (Fsp3) is 0.833. The quantitative estimate of drug-likeness (QED) is 0.540. The topological polar surface area (TPSA) is 64.3 Å². The van der Waals surface area contributed by atoms with Gasteiger partial charge < -0.3 is 15.8 Å². The van der Waals surface area contributed by atoms with Crippen LogP contribution in [0.4, 0.5) is 0 Å². The monoisotopic (exact) mass is 146 g/mol. The van der Waals surface area contributed by atoms with Crippen LogP contribution in [0.15, 0.2) is 0 Å². The molecule has 0 saturated heterocycles. The van der Waals surface area contributed by atoms with Crippen LogP contribution in [0, 0.1) is 0 Å². The van der Waals surface area contributed by atoms with Crippen LogP contribution in [0.2, 0.25) is 0 Å². The third-order valence-electron chi connectivity index (χ3n) is 1.10. The van der Waals surface area contributed by atoms with Crippen molar-refractivity contribution in [1.29, 1.82) is 0 Å². The van der Waals surface area contributed by atoms with Gasteiger partial charge in [0.1, 0.15) is 6.10 Å². The summed E-state index contributed by atoms with van der Waals surface area (Å²) in [7, 11) is 1.57. The smallest absolute Gasteiger partial charge is 0.248 e. The summed E-state index contributed by atoms with van der Waals surface area (Å²) in [6.45, 7) is 2.56. The van der Waals surface area contributed by atoms with Gasteiger partial charge in [0, 0.05) is 13.6 Å². The lowest BCUT2D eigenvalue weighted by molar-refractivity contribution is -0.130. The number of likely N-dealkylation sites (N-methyl/N-ethyl adjacent to an activating group) is 1. The van der Waals surface area contributed by atoms with Crippen LogP contribution in [0.25, 0.3) is 0 Å². The molecule has 0 aromatic heterocycles. The number of nitrogens with two attached hydrogens (primary N) is 1. The molecule has 0 aliphatic rings. The molecule has 3 N–H and O–H groups in total. The summed E-state index contributed by atoms with van der Waals surface area (Å²) in [5.74, 6) is -0.117.